The topological polar surface area (TPSA) is 36.4 Å². The maximum Gasteiger partial charge on any atom is 0.134 e. The Morgan fingerprint density at radius 1 is 1.32 bits per heavy atom. The van der Waals surface area contributed by atoms with E-state index in [1.54, 1.807) is 0 Å². The number of pyridine rings is 1. The summed E-state index contributed by atoms with van der Waals surface area (Å²) in [6, 6.07) is 1.96. The molecular formula is C15H23BrN2O. The predicted molar refractivity (Wildman–Crippen MR) is 82.3 cm³/mol. The molecule has 0 atom stereocenters. The lowest BCUT2D eigenvalue weighted by Gasteiger charge is -2.41. The van der Waals surface area contributed by atoms with E-state index in [1.165, 1.54) is 25.7 Å². The number of aromatic nitrogens is 1. The molecule has 0 aliphatic carbocycles. The number of aliphatic hydroxyl groups is 1. The second-order valence-electron chi connectivity index (χ2n) is 5.49. The van der Waals surface area contributed by atoms with E-state index in [2.05, 4.69) is 39.7 Å². The maximum atomic E-state index is 9.48. The van der Waals surface area contributed by atoms with E-state index in [1.807, 2.05) is 12.3 Å². The average Bonchev–Trinajstić information content (AvgIpc) is 2.47. The zero-order valence-corrected chi connectivity index (χ0v) is 13.4. The Balaban J connectivity index is 2.13. The summed E-state index contributed by atoms with van der Waals surface area (Å²) in [7, 11) is 0. The van der Waals surface area contributed by atoms with Crippen molar-refractivity contribution in [1.29, 1.82) is 0 Å². The van der Waals surface area contributed by atoms with Gasteiger partial charge >= 0.3 is 0 Å². The Morgan fingerprint density at radius 2 is 1.95 bits per heavy atom. The summed E-state index contributed by atoms with van der Waals surface area (Å²) in [6.45, 7) is 6.74. The third kappa shape index (κ3) is 3.11. The Labute approximate surface area is 124 Å². The predicted octanol–water partition coefficient (Wildman–Crippen LogP) is 3.74. The standard InChI is InChI=1S/C15H23BrN2O/c1-3-15(4-2)5-7-18(8-6-15)14-12(11-19)9-13(16)10-17-14/h9-10,19H,3-8,11H2,1-2H3. The molecule has 3 nitrogen and oxygen atoms in total. The zero-order chi connectivity index (χ0) is 13.9. The van der Waals surface area contributed by atoms with Crippen molar-refractivity contribution in [3.8, 4) is 0 Å². The highest BCUT2D eigenvalue weighted by Crippen LogP contribution is 2.39. The summed E-state index contributed by atoms with van der Waals surface area (Å²) in [5, 5.41) is 9.48. The van der Waals surface area contributed by atoms with E-state index in [-0.39, 0.29) is 6.61 Å². The maximum absolute atomic E-state index is 9.48. The Bertz CT molecular complexity index is 422. The van der Waals surface area contributed by atoms with Crippen LogP contribution in [0.3, 0.4) is 0 Å². The number of aliphatic hydroxyl groups excluding tert-OH is 1. The van der Waals surface area contributed by atoms with Crippen LogP contribution in [0.4, 0.5) is 5.82 Å². The average molecular weight is 327 g/mol. The molecule has 1 N–H and O–H groups in total. The summed E-state index contributed by atoms with van der Waals surface area (Å²) >= 11 is 3.41. The van der Waals surface area contributed by atoms with Gasteiger partial charge in [0.1, 0.15) is 5.82 Å². The number of halogens is 1. The number of anilines is 1. The van der Waals surface area contributed by atoms with Crippen LogP contribution in [0.25, 0.3) is 0 Å². The lowest BCUT2D eigenvalue weighted by atomic mass is 9.74. The quantitative estimate of drug-likeness (QED) is 0.915. The van der Waals surface area contributed by atoms with Crippen molar-refractivity contribution in [3.05, 3.63) is 22.3 Å². The van der Waals surface area contributed by atoms with E-state index in [0.29, 0.717) is 5.41 Å². The van der Waals surface area contributed by atoms with Crippen LogP contribution in [0.5, 0.6) is 0 Å². The minimum atomic E-state index is 0.0466. The summed E-state index contributed by atoms with van der Waals surface area (Å²) in [5.41, 5.74) is 1.43. The lowest BCUT2D eigenvalue weighted by molar-refractivity contribution is 0.198. The molecule has 1 fully saturated rings. The van der Waals surface area contributed by atoms with Crippen molar-refractivity contribution in [1.82, 2.24) is 4.98 Å². The first-order chi connectivity index (χ1) is 9.14. The number of piperidine rings is 1. The first kappa shape index (κ1) is 14.8. The fourth-order valence-corrected chi connectivity index (χ4v) is 3.40. The van der Waals surface area contributed by atoms with Crippen molar-refractivity contribution >= 4 is 21.7 Å². The molecule has 1 aliphatic heterocycles. The molecule has 0 spiro atoms. The smallest absolute Gasteiger partial charge is 0.134 e. The van der Waals surface area contributed by atoms with Gasteiger partial charge in [0.15, 0.2) is 0 Å². The van der Waals surface area contributed by atoms with Crippen LogP contribution in [-0.2, 0) is 6.61 Å². The molecule has 1 aliphatic rings. The van der Waals surface area contributed by atoms with E-state index in [4.69, 9.17) is 0 Å². The monoisotopic (exact) mass is 326 g/mol. The summed E-state index contributed by atoms with van der Waals surface area (Å²) in [4.78, 5) is 6.81. The van der Waals surface area contributed by atoms with Gasteiger partial charge in [-0.05, 0) is 40.3 Å². The first-order valence-electron chi connectivity index (χ1n) is 7.14. The second-order valence-corrected chi connectivity index (χ2v) is 6.40. The van der Waals surface area contributed by atoms with Crippen molar-refractivity contribution in [3.63, 3.8) is 0 Å². The molecule has 0 amide bonds. The summed E-state index contributed by atoms with van der Waals surface area (Å²) in [6.07, 6.45) is 6.79. The molecular weight excluding hydrogens is 304 g/mol. The summed E-state index contributed by atoms with van der Waals surface area (Å²) in [5.74, 6) is 0.950. The minimum Gasteiger partial charge on any atom is -0.392 e. The van der Waals surface area contributed by atoms with Crippen molar-refractivity contribution < 1.29 is 5.11 Å². The van der Waals surface area contributed by atoms with Crippen molar-refractivity contribution in [2.75, 3.05) is 18.0 Å². The fourth-order valence-electron chi connectivity index (χ4n) is 3.03. The molecule has 1 aromatic rings. The van der Waals surface area contributed by atoms with E-state index in [0.717, 1.165) is 28.9 Å². The van der Waals surface area contributed by atoms with Crippen LogP contribution in [-0.4, -0.2) is 23.2 Å². The van der Waals surface area contributed by atoms with Gasteiger partial charge in [-0.15, -0.1) is 0 Å². The largest absolute Gasteiger partial charge is 0.392 e. The third-order valence-corrected chi connectivity index (χ3v) is 5.14. The Kier molecular flexibility index (Phi) is 4.85. The molecule has 0 bridgehead atoms. The molecule has 0 radical (unpaired) electrons. The number of nitrogens with zero attached hydrogens (tertiary/aromatic N) is 2. The van der Waals surface area contributed by atoms with Gasteiger partial charge in [0.05, 0.1) is 6.61 Å². The number of rotatable bonds is 4. The molecule has 2 rings (SSSR count). The molecule has 0 aromatic carbocycles. The van der Waals surface area contributed by atoms with Gasteiger partial charge in [0.2, 0.25) is 0 Å². The lowest BCUT2D eigenvalue weighted by Crippen LogP contribution is -2.40. The normalized spacial score (nSPS) is 18.6. The zero-order valence-electron chi connectivity index (χ0n) is 11.8. The number of hydrogen-bond donors (Lipinski definition) is 1. The highest BCUT2D eigenvalue weighted by molar-refractivity contribution is 9.10. The molecule has 2 heterocycles. The fraction of sp³-hybridized carbons (Fsp3) is 0.667. The van der Waals surface area contributed by atoms with Crippen molar-refractivity contribution in [2.45, 2.75) is 46.1 Å². The van der Waals surface area contributed by atoms with Gasteiger partial charge < -0.3 is 10.0 Å². The SMILES string of the molecule is CCC1(CC)CCN(c2ncc(Br)cc2CO)CC1. The summed E-state index contributed by atoms with van der Waals surface area (Å²) < 4.78 is 0.925. The van der Waals surface area contributed by atoms with Gasteiger partial charge in [0, 0.05) is 29.3 Å². The van der Waals surface area contributed by atoms with Crippen LogP contribution in [0, 0.1) is 5.41 Å². The van der Waals surface area contributed by atoms with Crippen LogP contribution < -0.4 is 4.90 Å². The van der Waals surface area contributed by atoms with E-state index in [9.17, 15) is 5.11 Å². The first-order valence-corrected chi connectivity index (χ1v) is 7.93. The van der Waals surface area contributed by atoms with Crippen LogP contribution in [0.15, 0.2) is 16.7 Å². The Morgan fingerprint density at radius 3 is 2.47 bits per heavy atom. The van der Waals surface area contributed by atoms with E-state index >= 15 is 0 Å². The van der Waals surface area contributed by atoms with Gasteiger partial charge in [-0.1, -0.05) is 26.7 Å². The van der Waals surface area contributed by atoms with Crippen LogP contribution >= 0.6 is 15.9 Å². The molecule has 19 heavy (non-hydrogen) atoms. The van der Waals surface area contributed by atoms with Gasteiger partial charge in [-0.3, -0.25) is 0 Å². The highest BCUT2D eigenvalue weighted by Gasteiger charge is 2.32. The second kappa shape index (κ2) is 6.23. The molecule has 1 aromatic heterocycles. The van der Waals surface area contributed by atoms with Gasteiger partial charge in [-0.2, -0.15) is 0 Å². The van der Waals surface area contributed by atoms with Crippen LogP contribution in [0.1, 0.15) is 45.1 Å². The van der Waals surface area contributed by atoms with Gasteiger partial charge in [-0.25, -0.2) is 4.98 Å². The highest BCUT2D eigenvalue weighted by atomic mass is 79.9. The minimum absolute atomic E-state index is 0.0466. The van der Waals surface area contributed by atoms with Crippen LogP contribution in [0.2, 0.25) is 0 Å². The third-order valence-electron chi connectivity index (χ3n) is 4.70. The van der Waals surface area contributed by atoms with E-state index < -0.39 is 0 Å². The molecule has 4 heteroatoms. The number of hydrogen-bond acceptors (Lipinski definition) is 3. The molecule has 1 saturated heterocycles. The van der Waals surface area contributed by atoms with Crippen molar-refractivity contribution in [2.24, 2.45) is 5.41 Å². The van der Waals surface area contributed by atoms with Gasteiger partial charge in [0.25, 0.3) is 0 Å². The molecule has 0 saturated carbocycles. The Hall–Kier alpha value is -0.610. The molecule has 0 unspecified atom stereocenters. The molecule has 106 valence electrons.